The molecule has 144 valence electrons. The lowest BCUT2D eigenvalue weighted by Gasteiger charge is -2.26. The van der Waals surface area contributed by atoms with Crippen LogP contribution < -0.4 is 5.32 Å². The smallest absolute Gasteiger partial charge is 0.274 e. The number of nitrogens with zero attached hydrogens (tertiary/aromatic N) is 3. The summed E-state index contributed by atoms with van der Waals surface area (Å²) in [6, 6.07) is 9.06. The molecule has 1 saturated heterocycles. The predicted octanol–water partition coefficient (Wildman–Crippen LogP) is 2.49. The van der Waals surface area contributed by atoms with Gasteiger partial charge in [-0.1, -0.05) is 18.2 Å². The molecule has 1 amide bonds. The summed E-state index contributed by atoms with van der Waals surface area (Å²) < 4.78 is 23.4. The predicted molar refractivity (Wildman–Crippen MR) is 105 cm³/mol. The second-order valence-electron chi connectivity index (χ2n) is 6.84. The third kappa shape index (κ3) is 4.27. The van der Waals surface area contributed by atoms with Gasteiger partial charge in [-0.05, 0) is 50.5 Å². The monoisotopic (exact) mass is 388 g/mol. The highest BCUT2D eigenvalue weighted by Gasteiger charge is 2.34. The summed E-state index contributed by atoms with van der Waals surface area (Å²) in [5.74, 6) is 0.416. The van der Waals surface area contributed by atoms with Gasteiger partial charge in [-0.15, -0.1) is 10.2 Å². The highest BCUT2D eigenvalue weighted by Crippen LogP contribution is 2.23. The van der Waals surface area contributed by atoms with E-state index >= 15 is 0 Å². The zero-order valence-electron chi connectivity index (χ0n) is 15.8. The second-order valence-corrected chi connectivity index (χ2v) is 9.07. The van der Waals surface area contributed by atoms with E-state index in [2.05, 4.69) is 15.5 Å². The molecule has 3 rings (SSSR count). The normalized spacial score (nSPS) is 18.3. The van der Waals surface area contributed by atoms with Gasteiger partial charge in [-0.3, -0.25) is 4.79 Å². The van der Waals surface area contributed by atoms with Crippen LogP contribution in [0.5, 0.6) is 0 Å². The van der Waals surface area contributed by atoms with Crippen molar-refractivity contribution in [3.05, 3.63) is 47.2 Å². The largest absolute Gasteiger partial charge is 0.338 e. The van der Waals surface area contributed by atoms with Gasteiger partial charge in [0.25, 0.3) is 5.91 Å². The van der Waals surface area contributed by atoms with Gasteiger partial charge >= 0.3 is 0 Å². The standard InChI is InChI=1S/C19H24N4O3S/c1-4-23(15-10-11-27(25,26)12-15)19(24)16-8-9-17(22-21-16)20-18-13(2)6-5-7-14(18)3/h5-9,15H,4,10-12H2,1-3H3,(H,20,22). The van der Waals surface area contributed by atoms with Crippen LogP contribution in [0, 0.1) is 13.8 Å². The summed E-state index contributed by atoms with van der Waals surface area (Å²) in [6.07, 6.45) is 0.474. The molecule has 0 aliphatic carbocycles. The van der Waals surface area contributed by atoms with E-state index in [0.717, 1.165) is 16.8 Å². The topological polar surface area (TPSA) is 92.3 Å². The minimum absolute atomic E-state index is 0.0200. The first-order valence-corrected chi connectivity index (χ1v) is 10.8. The summed E-state index contributed by atoms with van der Waals surface area (Å²) in [5.41, 5.74) is 3.37. The van der Waals surface area contributed by atoms with Crippen molar-refractivity contribution in [3.8, 4) is 0 Å². The third-order valence-electron chi connectivity index (χ3n) is 4.87. The van der Waals surface area contributed by atoms with Crippen LogP contribution in [0.2, 0.25) is 0 Å². The van der Waals surface area contributed by atoms with Gasteiger partial charge in [0.05, 0.1) is 11.5 Å². The van der Waals surface area contributed by atoms with Gasteiger partial charge in [0.2, 0.25) is 0 Å². The lowest BCUT2D eigenvalue weighted by molar-refractivity contribution is 0.0701. The number of rotatable bonds is 5. The van der Waals surface area contributed by atoms with E-state index in [1.54, 1.807) is 17.0 Å². The number of amides is 1. The molecule has 2 heterocycles. The molecule has 0 saturated carbocycles. The Morgan fingerprint density at radius 3 is 2.41 bits per heavy atom. The summed E-state index contributed by atoms with van der Waals surface area (Å²) >= 11 is 0. The van der Waals surface area contributed by atoms with E-state index in [0.29, 0.717) is 18.8 Å². The molecule has 1 aromatic heterocycles. The minimum atomic E-state index is -3.06. The molecular formula is C19H24N4O3S. The van der Waals surface area contributed by atoms with Crippen molar-refractivity contribution in [2.45, 2.75) is 33.2 Å². The Hall–Kier alpha value is -2.48. The third-order valence-corrected chi connectivity index (χ3v) is 6.62. The summed E-state index contributed by atoms with van der Waals surface area (Å²) in [5, 5.41) is 11.4. The zero-order chi connectivity index (χ0) is 19.6. The Morgan fingerprint density at radius 2 is 1.89 bits per heavy atom. The van der Waals surface area contributed by atoms with Crippen LogP contribution in [0.15, 0.2) is 30.3 Å². The van der Waals surface area contributed by atoms with Crippen molar-refractivity contribution >= 4 is 27.2 Å². The summed E-state index contributed by atoms with van der Waals surface area (Å²) in [6.45, 7) is 6.29. The lowest BCUT2D eigenvalue weighted by Crippen LogP contribution is -2.41. The van der Waals surface area contributed by atoms with Crippen LogP contribution in [0.1, 0.15) is 35.0 Å². The maximum atomic E-state index is 12.8. The summed E-state index contributed by atoms with van der Waals surface area (Å²) in [4.78, 5) is 14.3. The maximum absolute atomic E-state index is 12.8. The molecule has 1 unspecified atom stereocenters. The highest BCUT2D eigenvalue weighted by atomic mass is 32.2. The van der Waals surface area contributed by atoms with Crippen molar-refractivity contribution in [1.29, 1.82) is 0 Å². The molecule has 2 aromatic rings. The highest BCUT2D eigenvalue weighted by molar-refractivity contribution is 7.91. The molecule has 1 aromatic carbocycles. The number of sulfone groups is 1. The van der Waals surface area contributed by atoms with E-state index in [1.165, 1.54) is 0 Å². The van der Waals surface area contributed by atoms with Crippen LogP contribution in [0.4, 0.5) is 11.5 Å². The quantitative estimate of drug-likeness (QED) is 0.846. The van der Waals surface area contributed by atoms with Crippen LogP contribution in [0.25, 0.3) is 0 Å². The number of anilines is 2. The van der Waals surface area contributed by atoms with Crippen molar-refractivity contribution in [1.82, 2.24) is 15.1 Å². The Morgan fingerprint density at radius 1 is 1.19 bits per heavy atom. The number of benzene rings is 1. The molecule has 1 aliphatic rings. The van der Waals surface area contributed by atoms with E-state index in [9.17, 15) is 13.2 Å². The molecule has 0 spiro atoms. The number of nitrogens with one attached hydrogen (secondary N) is 1. The van der Waals surface area contributed by atoms with Gasteiger partial charge in [0, 0.05) is 18.3 Å². The van der Waals surface area contributed by atoms with Crippen LogP contribution in [-0.4, -0.2) is 53.5 Å². The molecule has 8 heteroatoms. The molecule has 1 fully saturated rings. The van der Waals surface area contributed by atoms with Crippen molar-refractivity contribution < 1.29 is 13.2 Å². The molecule has 0 radical (unpaired) electrons. The molecule has 1 atom stereocenters. The van der Waals surface area contributed by atoms with Gasteiger partial charge in [-0.25, -0.2) is 8.42 Å². The Labute approximate surface area is 159 Å². The number of carbonyl (C=O) groups is 1. The maximum Gasteiger partial charge on any atom is 0.274 e. The number of carbonyl (C=O) groups excluding carboxylic acids is 1. The van der Waals surface area contributed by atoms with Crippen molar-refractivity contribution in [2.24, 2.45) is 0 Å². The summed E-state index contributed by atoms with van der Waals surface area (Å²) in [7, 11) is -3.06. The number of hydrogen-bond acceptors (Lipinski definition) is 6. The second kappa shape index (κ2) is 7.64. The fourth-order valence-corrected chi connectivity index (χ4v) is 5.12. The van der Waals surface area contributed by atoms with Crippen LogP contribution in [0.3, 0.4) is 0 Å². The van der Waals surface area contributed by atoms with E-state index in [1.807, 2.05) is 39.0 Å². The number of para-hydroxylation sites is 1. The van der Waals surface area contributed by atoms with Gasteiger partial charge in [-0.2, -0.15) is 0 Å². The average molecular weight is 388 g/mol. The van der Waals surface area contributed by atoms with E-state index in [-0.39, 0.29) is 29.1 Å². The zero-order valence-corrected chi connectivity index (χ0v) is 16.6. The van der Waals surface area contributed by atoms with Crippen molar-refractivity contribution in [3.63, 3.8) is 0 Å². The van der Waals surface area contributed by atoms with E-state index < -0.39 is 9.84 Å². The fourth-order valence-electron chi connectivity index (χ4n) is 3.39. The molecule has 1 N–H and O–H groups in total. The number of hydrogen-bond donors (Lipinski definition) is 1. The number of aryl methyl sites for hydroxylation is 2. The van der Waals surface area contributed by atoms with Gasteiger partial charge < -0.3 is 10.2 Å². The number of aromatic nitrogens is 2. The Bertz CT molecular complexity index is 922. The van der Waals surface area contributed by atoms with Gasteiger partial charge in [0.15, 0.2) is 21.3 Å². The first-order valence-electron chi connectivity index (χ1n) is 8.99. The Balaban J connectivity index is 1.75. The average Bonchev–Trinajstić information content (AvgIpc) is 2.99. The molecule has 27 heavy (non-hydrogen) atoms. The first kappa shape index (κ1) is 19.3. The SMILES string of the molecule is CCN(C(=O)c1ccc(Nc2c(C)cccc2C)nn1)C1CCS(=O)(=O)C1. The van der Waals surface area contributed by atoms with Gasteiger partial charge in [0.1, 0.15) is 0 Å². The lowest BCUT2D eigenvalue weighted by atomic mass is 10.1. The molecule has 0 bridgehead atoms. The molecule has 1 aliphatic heterocycles. The fraction of sp³-hybridized carbons (Fsp3) is 0.421. The minimum Gasteiger partial charge on any atom is -0.338 e. The molecule has 7 nitrogen and oxygen atoms in total. The Kier molecular flexibility index (Phi) is 5.46. The van der Waals surface area contributed by atoms with Crippen molar-refractivity contribution in [2.75, 3.05) is 23.4 Å². The molecular weight excluding hydrogens is 364 g/mol. The first-order chi connectivity index (χ1) is 12.8. The van der Waals surface area contributed by atoms with Crippen LogP contribution >= 0.6 is 0 Å². The van der Waals surface area contributed by atoms with E-state index in [4.69, 9.17) is 0 Å². The van der Waals surface area contributed by atoms with Crippen LogP contribution in [-0.2, 0) is 9.84 Å².